The molecule has 1 aliphatic carbocycles. The molecular formula is C23H31NO3. The van der Waals surface area contributed by atoms with Crippen molar-refractivity contribution >= 4 is 22.4 Å². The summed E-state index contributed by atoms with van der Waals surface area (Å²) in [7, 11) is 1.65. The predicted octanol–water partition coefficient (Wildman–Crippen LogP) is 5.55. The van der Waals surface area contributed by atoms with Crippen LogP contribution in [0.25, 0.3) is 10.8 Å². The number of nitrogens with one attached hydrogen (secondary N) is 1. The third-order valence-corrected chi connectivity index (χ3v) is 5.80. The summed E-state index contributed by atoms with van der Waals surface area (Å²) in [6.45, 7) is 6.37. The monoisotopic (exact) mass is 369 g/mol. The number of rotatable bonds is 6. The molecule has 4 nitrogen and oxygen atoms in total. The van der Waals surface area contributed by atoms with Crippen LogP contribution in [0.4, 0.5) is 5.69 Å². The van der Waals surface area contributed by atoms with Gasteiger partial charge in [-0.15, -0.1) is 0 Å². The molecule has 27 heavy (non-hydrogen) atoms. The highest BCUT2D eigenvalue weighted by Crippen LogP contribution is 2.37. The molecule has 0 aromatic heterocycles. The number of hydrogen-bond acceptors (Lipinski definition) is 3. The van der Waals surface area contributed by atoms with E-state index < -0.39 is 5.60 Å². The average molecular weight is 370 g/mol. The Hall–Kier alpha value is -2.07. The molecule has 1 aliphatic rings. The number of amides is 1. The summed E-state index contributed by atoms with van der Waals surface area (Å²) in [6, 6.07) is 11.9. The molecule has 1 fully saturated rings. The molecule has 0 heterocycles. The van der Waals surface area contributed by atoms with Crippen molar-refractivity contribution in [2.45, 2.75) is 64.6 Å². The van der Waals surface area contributed by atoms with Gasteiger partial charge in [0.2, 0.25) is 0 Å². The molecule has 0 saturated heterocycles. The fourth-order valence-corrected chi connectivity index (χ4v) is 4.01. The van der Waals surface area contributed by atoms with Crippen LogP contribution in [0.1, 0.15) is 52.9 Å². The molecule has 2 aromatic rings. The molecule has 2 aromatic carbocycles. The zero-order chi connectivity index (χ0) is 19.4. The highest BCUT2D eigenvalue weighted by atomic mass is 16.5. The molecule has 4 heteroatoms. The van der Waals surface area contributed by atoms with Crippen molar-refractivity contribution in [1.82, 2.24) is 0 Å². The maximum absolute atomic E-state index is 13.2. The van der Waals surface area contributed by atoms with Gasteiger partial charge in [0.1, 0.15) is 11.4 Å². The van der Waals surface area contributed by atoms with Crippen molar-refractivity contribution < 1.29 is 14.3 Å². The van der Waals surface area contributed by atoms with Gasteiger partial charge in [0.05, 0.1) is 6.10 Å². The van der Waals surface area contributed by atoms with Crippen LogP contribution in [-0.4, -0.2) is 24.7 Å². The molecule has 0 spiro atoms. The number of carbonyl (C=O) groups excluding carboxylic acids is 1. The lowest BCUT2D eigenvalue weighted by atomic mass is 9.78. The Morgan fingerprint density at radius 1 is 1.26 bits per heavy atom. The van der Waals surface area contributed by atoms with Crippen molar-refractivity contribution in [3.05, 3.63) is 36.4 Å². The highest BCUT2D eigenvalue weighted by molar-refractivity contribution is 6.06. The minimum atomic E-state index is -0.731. The smallest absolute Gasteiger partial charge is 0.256 e. The van der Waals surface area contributed by atoms with E-state index in [4.69, 9.17) is 9.47 Å². The van der Waals surface area contributed by atoms with E-state index in [1.54, 1.807) is 7.11 Å². The number of carbonyl (C=O) groups is 1. The van der Waals surface area contributed by atoms with Crippen LogP contribution in [0, 0.1) is 5.92 Å². The van der Waals surface area contributed by atoms with Crippen molar-refractivity contribution in [2.75, 3.05) is 12.4 Å². The second kappa shape index (κ2) is 8.30. The molecule has 0 radical (unpaired) electrons. The van der Waals surface area contributed by atoms with Gasteiger partial charge in [-0.05, 0) is 50.7 Å². The second-order valence-corrected chi connectivity index (χ2v) is 7.85. The molecule has 0 bridgehead atoms. The summed E-state index contributed by atoms with van der Waals surface area (Å²) in [6.07, 6.45) is 4.80. The molecular weight excluding hydrogens is 338 g/mol. The lowest BCUT2D eigenvalue weighted by Gasteiger charge is -2.37. The molecule has 1 N–H and O–H groups in total. The van der Waals surface area contributed by atoms with Crippen LogP contribution in [0.5, 0.6) is 5.75 Å². The summed E-state index contributed by atoms with van der Waals surface area (Å²) in [5, 5.41) is 5.14. The minimum Gasteiger partial charge on any atom is -0.490 e. The van der Waals surface area contributed by atoms with E-state index in [0.717, 1.165) is 54.3 Å². The molecule has 0 aliphatic heterocycles. The van der Waals surface area contributed by atoms with Crippen molar-refractivity contribution in [1.29, 1.82) is 0 Å². The zero-order valence-corrected chi connectivity index (χ0v) is 16.9. The van der Waals surface area contributed by atoms with Gasteiger partial charge < -0.3 is 14.8 Å². The van der Waals surface area contributed by atoms with Crippen LogP contribution < -0.4 is 10.1 Å². The van der Waals surface area contributed by atoms with E-state index in [1.807, 2.05) is 36.4 Å². The lowest BCUT2D eigenvalue weighted by Crippen LogP contribution is -2.47. The van der Waals surface area contributed by atoms with Crippen LogP contribution in [0.2, 0.25) is 0 Å². The summed E-state index contributed by atoms with van der Waals surface area (Å²) < 4.78 is 11.8. The fraction of sp³-hybridized carbons (Fsp3) is 0.522. The number of methoxy groups -OCH3 is 1. The predicted molar refractivity (Wildman–Crippen MR) is 110 cm³/mol. The molecule has 1 saturated carbocycles. The van der Waals surface area contributed by atoms with E-state index in [1.165, 1.54) is 0 Å². The third kappa shape index (κ3) is 4.11. The Bertz CT molecular complexity index is 803. The first-order valence-electron chi connectivity index (χ1n) is 10.0. The Morgan fingerprint density at radius 2 is 2.00 bits per heavy atom. The number of anilines is 1. The summed E-state index contributed by atoms with van der Waals surface area (Å²) in [5.41, 5.74) is 0.0757. The summed E-state index contributed by atoms with van der Waals surface area (Å²) >= 11 is 0. The van der Waals surface area contributed by atoms with Crippen molar-refractivity contribution in [2.24, 2.45) is 5.92 Å². The number of hydrogen-bond donors (Lipinski definition) is 1. The van der Waals surface area contributed by atoms with E-state index >= 15 is 0 Å². The van der Waals surface area contributed by atoms with Crippen LogP contribution in [0.15, 0.2) is 36.4 Å². The zero-order valence-electron chi connectivity index (χ0n) is 16.9. The third-order valence-electron chi connectivity index (χ3n) is 5.80. The van der Waals surface area contributed by atoms with Gasteiger partial charge in [0, 0.05) is 23.6 Å². The van der Waals surface area contributed by atoms with Gasteiger partial charge in [-0.1, -0.05) is 44.5 Å². The standard InChI is InChI=1S/C23H31NO3/c1-5-17(3)27-21-13-12-20(18-10-6-7-11-19(18)21)24-22(25)23(26-4)14-8-9-16(2)15-23/h6-7,10-13,16-17H,5,8-9,14-15H2,1-4H3,(H,24,25)/t16-,17-,23+/m0/s1. The fourth-order valence-electron chi connectivity index (χ4n) is 4.01. The largest absolute Gasteiger partial charge is 0.490 e. The first-order chi connectivity index (χ1) is 13.0. The van der Waals surface area contributed by atoms with E-state index in [2.05, 4.69) is 26.1 Å². The average Bonchev–Trinajstić information content (AvgIpc) is 2.69. The Balaban J connectivity index is 1.91. The normalized spacial score (nSPS) is 23.8. The van der Waals surface area contributed by atoms with Gasteiger partial charge in [-0.3, -0.25) is 4.79 Å². The van der Waals surface area contributed by atoms with Crippen molar-refractivity contribution in [3.63, 3.8) is 0 Å². The van der Waals surface area contributed by atoms with E-state index in [9.17, 15) is 4.79 Å². The quantitative estimate of drug-likeness (QED) is 0.726. The van der Waals surface area contributed by atoms with Crippen LogP contribution >= 0.6 is 0 Å². The molecule has 3 atom stereocenters. The molecule has 146 valence electrons. The van der Waals surface area contributed by atoms with Crippen LogP contribution in [-0.2, 0) is 9.53 Å². The first-order valence-corrected chi connectivity index (χ1v) is 10.0. The maximum atomic E-state index is 13.2. The number of ether oxygens (including phenoxy) is 2. The van der Waals surface area contributed by atoms with Gasteiger partial charge >= 0.3 is 0 Å². The summed E-state index contributed by atoms with van der Waals surface area (Å²) in [5.74, 6) is 1.30. The van der Waals surface area contributed by atoms with Gasteiger partial charge in [0.15, 0.2) is 0 Å². The number of fused-ring (bicyclic) bond motifs is 1. The molecule has 1 amide bonds. The van der Waals surface area contributed by atoms with Gasteiger partial charge in [0.25, 0.3) is 5.91 Å². The number of benzene rings is 2. The highest BCUT2D eigenvalue weighted by Gasteiger charge is 2.42. The molecule has 0 unspecified atom stereocenters. The maximum Gasteiger partial charge on any atom is 0.256 e. The van der Waals surface area contributed by atoms with Crippen molar-refractivity contribution in [3.8, 4) is 5.75 Å². The minimum absolute atomic E-state index is 0.0442. The van der Waals surface area contributed by atoms with Crippen LogP contribution in [0.3, 0.4) is 0 Å². The molecule has 3 rings (SSSR count). The first kappa shape index (κ1) is 19.7. The Labute approximate surface area is 162 Å². The topological polar surface area (TPSA) is 47.6 Å². The second-order valence-electron chi connectivity index (χ2n) is 7.85. The van der Waals surface area contributed by atoms with E-state index in [-0.39, 0.29) is 12.0 Å². The van der Waals surface area contributed by atoms with Gasteiger partial charge in [-0.25, -0.2) is 0 Å². The Morgan fingerprint density at radius 3 is 2.67 bits per heavy atom. The lowest BCUT2D eigenvalue weighted by molar-refractivity contribution is -0.143. The summed E-state index contributed by atoms with van der Waals surface area (Å²) in [4.78, 5) is 13.2. The Kier molecular flexibility index (Phi) is 6.05. The van der Waals surface area contributed by atoms with E-state index in [0.29, 0.717) is 5.92 Å². The van der Waals surface area contributed by atoms with Gasteiger partial charge in [-0.2, -0.15) is 0 Å². The SMILES string of the molecule is CC[C@H](C)Oc1ccc(NC(=O)[C@@]2(OC)CCC[C@H](C)C2)c2ccccc12.